The number of rotatable bonds is 3. The lowest BCUT2D eigenvalue weighted by Gasteiger charge is -2.26. The largest absolute Gasteiger partial charge is 0.398 e. The van der Waals surface area contributed by atoms with Crippen LogP contribution in [0.5, 0.6) is 0 Å². The summed E-state index contributed by atoms with van der Waals surface area (Å²) in [4.78, 5) is 14.4. The van der Waals surface area contributed by atoms with Crippen molar-refractivity contribution in [1.29, 1.82) is 0 Å². The van der Waals surface area contributed by atoms with Crippen LogP contribution in [0.4, 0.5) is 5.69 Å². The normalized spacial score (nSPS) is 17.7. The molecule has 19 heavy (non-hydrogen) atoms. The Bertz CT molecular complexity index is 483. The summed E-state index contributed by atoms with van der Waals surface area (Å²) in [7, 11) is 0. The highest BCUT2D eigenvalue weighted by atomic mass is 35.5. The number of benzene rings is 1. The Hall–Kier alpha value is -1.22. The lowest BCUT2D eigenvalue weighted by atomic mass is 9.82. The molecule has 1 aromatic carbocycles. The van der Waals surface area contributed by atoms with Crippen molar-refractivity contribution in [3.63, 3.8) is 0 Å². The van der Waals surface area contributed by atoms with E-state index in [-0.39, 0.29) is 5.91 Å². The lowest BCUT2D eigenvalue weighted by Crippen LogP contribution is -2.31. The third-order valence-electron chi connectivity index (χ3n) is 4.47. The van der Waals surface area contributed by atoms with E-state index in [9.17, 15) is 4.79 Å². The van der Waals surface area contributed by atoms with Gasteiger partial charge in [-0.1, -0.05) is 25.4 Å². The Morgan fingerprint density at radius 1 is 1.42 bits per heavy atom. The molecule has 2 N–H and O–H groups in total. The topological polar surface area (TPSA) is 46.3 Å². The van der Waals surface area contributed by atoms with Gasteiger partial charge in [-0.05, 0) is 42.9 Å². The van der Waals surface area contributed by atoms with Gasteiger partial charge in [0.05, 0.1) is 10.7 Å². The standard InChI is InChI=1S/C15H21ClN2O/c1-3-15(4-2)7-8-18(10-15)14(19)11-5-6-13(17)12(16)9-11/h5-6,9H,3-4,7-8,10,17H2,1-2H3. The predicted octanol–water partition coefficient (Wildman–Crippen LogP) is 3.57. The lowest BCUT2D eigenvalue weighted by molar-refractivity contribution is 0.0770. The molecule has 4 heteroatoms. The number of nitrogens with two attached hydrogens (primary N) is 1. The minimum atomic E-state index is 0.0608. The van der Waals surface area contributed by atoms with Gasteiger partial charge in [0.15, 0.2) is 0 Å². The summed E-state index contributed by atoms with van der Waals surface area (Å²) < 4.78 is 0. The van der Waals surface area contributed by atoms with E-state index in [1.807, 2.05) is 4.90 Å². The van der Waals surface area contributed by atoms with Gasteiger partial charge in [-0.25, -0.2) is 0 Å². The maximum atomic E-state index is 12.5. The second-order valence-electron chi connectivity index (χ2n) is 5.42. The molecular formula is C15H21ClN2O. The van der Waals surface area contributed by atoms with E-state index >= 15 is 0 Å². The van der Waals surface area contributed by atoms with E-state index < -0.39 is 0 Å². The van der Waals surface area contributed by atoms with E-state index in [0.29, 0.717) is 21.7 Å². The fraction of sp³-hybridized carbons (Fsp3) is 0.533. The van der Waals surface area contributed by atoms with E-state index in [4.69, 9.17) is 17.3 Å². The number of likely N-dealkylation sites (tertiary alicyclic amines) is 1. The molecule has 0 aliphatic carbocycles. The van der Waals surface area contributed by atoms with Gasteiger partial charge < -0.3 is 10.6 Å². The van der Waals surface area contributed by atoms with Crippen LogP contribution in [-0.2, 0) is 0 Å². The van der Waals surface area contributed by atoms with Gasteiger partial charge in [0, 0.05) is 18.7 Å². The molecule has 1 amide bonds. The van der Waals surface area contributed by atoms with Gasteiger partial charge in [0.2, 0.25) is 0 Å². The Labute approximate surface area is 119 Å². The monoisotopic (exact) mass is 280 g/mol. The van der Waals surface area contributed by atoms with Crippen LogP contribution in [0, 0.1) is 5.41 Å². The van der Waals surface area contributed by atoms with E-state index in [2.05, 4.69) is 13.8 Å². The molecule has 0 unspecified atom stereocenters. The first-order valence-electron chi connectivity index (χ1n) is 6.85. The first-order valence-corrected chi connectivity index (χ1v) is 7.23. The van der Waals surface area contributed by atoms with Crippen LogP contribution < -0.4 is 5.73 Å². The zero-order valence-electron chi connectivity index (χ0n) is 11.6. The Morgan fingerprint density at radius 3 is 2.63 bits per heavy atom. The van der Waals surface area contributed by atoms with Crippen LogP contribution in [0.2, 0.25) is 5.02 Å². The maximum absolute atomic E-state index is 12.5. The summed E-state index contributed by atoms with van der Waals surface area (Å²) in [5, 5.41) is 0.447. The molecule has 1 fully saturated rings. The molecule has 3 nitrogen and oxygen atoms in total. The third kappa shape index (κ3) is 2.71. The smallest absolute Gasteiger partial charge is 0.253 e. The molecule has 0 bridgehead atoms. The molecular weight excluding hydrogens is 260 g/mol. The van der Waals surface area contributed by atoms with Crippen molar-refractivity contribution in [1.82, 2.24) is 4.90 Å². The average Bonchev–Trinajstić information content (AvgIpc) is 2.86. The number of carbonyl (C=O) groups is 1. The molecule has 0 aromatic heterocycles. The van der Waals surface area contributed by atoms with Crippen LogP contribution in [0.25, 0.3) is 0 Å². The van der Waals surface area contributed by atoms with Gasteiger partial charge >= 0.3 is 0 Å². The Balaban J connectivity index is 2.15. The molecule has 1 aromatic rings. The minimum absolute atomic E-state index is 0.0608. The second-order valence-corrected chi connectivity index (χ2v) is 5.83. The number of hydrogen-bond donors (Lipinski definition) is 1. The number of anilines is 1. The van der Waals surface area contributed by atoms with E-state index in [1.54, 1.807) is 18.2 Å². The van der Waals surface area contributed by atoms with Crippen LogP contribution in [0.15, 0.2) is 18.2 Å². The SMILES string of the molecule is CCC1(CC)CCN(C(=O)c2ccc(N)c(Cl)c2)C1. The highest BCUT2D eigenvalue weighted by Crippen LogP contribution is 2.37. The number of amides is 1. The molecule has 0 spiro atoms. The molecule has 0 saturated carbocycles. The summed E-state index contributed by atoms with van der Waals surface area (Å²) in [6.45, 7) is 6.10. The first kappa shape index (κ1) is 14.2. The van der Waals surface area contributed by atoms with Gasteiger partial charge in [-0.3, -0.25) is 4.79 Å². The van der Waals surface area contributed by atoms with E-state index in [1.165, 1.54) is 0 Å². The molecule has 1 saturated heterocycles. The van der Waals surface area contributed by atoms with Crippen molar-refractivity contribution in [3.8, 4) is 0 Å². The number of hydrogen-bond acceptors (Lipinski definition) is 2. The van der Waals surface area contributed by atoms with Crippen LogP contribution in [0.3, 0.4) is 0 Å². The van der Waals surface area contributed by atoms with Crippen LogP contribution in [0.1, 0.15) is 43.5 Å². The zero-order chi connectivity index (χ0) is 14.0. The predicted molar refractivity (Wildman–Crippen MR) is 79.4 cm³/mol. The van der Waals surface area contributed by atoms with Crippen molar-refractivity contribution in [2.24, 2.45) is 5.41 Å². The molecule has 0 atom stereocenters. The first-order chi connectivity index (χ1) is 9.01. The van der Waals surface area contributed by atoms with Crippen LogP contribution in [-0.4, -0.2) is 23.9 Å². The molecule has 104 valence electrons. The van der Waals surface area contributed by atoms with Crippen molar-refractivity contribution < 1.29 is 4.79 Å². The van der Waals surface area contributed by atoms with Gasteiger partial charge in [-0.2, -0.15) is 0 Å². The van der Waals surface area contributed by atoms with Gasteiger partial charge in [-0.15, -0.1) is 0 Å². The summed E-state index contributed by atoms with van der Waals surface area (Å²) in [6.07, 6.45) is 3.33. The molecule has 1 heterocycles. The van der Waals surface area contributed by atoms with Crippen molar-refractivity contribution in [2.75, 3.05) is 18.8 Å². The molecule has 1 aliphatic heterocycles. The quantitative estimate of drug-likeness (QED) is 0.860. The van der Waals surface area contributed by atoms with Gasteiger partial charge in [0.1, 0.15) is 0 Å². The molecule has 0 radical (unpaired) electrons. The van der Waals surface area contributed by atoms with Gasteiger partial charge in [0.25, 0.3) is 5.91 Å². The van der Waals surface area contributed by atoms with Crippen LogP contribution >= 0.6 is 11.6 Å². The Kier molecular flexibility index (Phi) is 4.04. The van der Waals surface area contributed by atoms with E-state index in [0.717, 1.165) is 32.4 Å². The molecule has 1 aliphatic rings. The zero-order valence-corrected chi connectivity index (χ0v) is 12.3. The highest BCUT2D eigenvalue weighted by Gasteiger charge is 2.37. The summed E-state index contributed by atoms with van der Waals surface area (Å²) in [6, 6.07) is 5.11. The Morgan fingerprint density at radius 2 is 2.11 bits per heavy atom. The van der Waals surface area contributed by atoms with Crippen molar-refractivity contribution in [2.45, 2.75) is 33.1 Å². The number of halogens is 1. The second kappa shape index (κ2) is 5.41. The summed E-state index contributed by atoms with van der Waals surface area (Å²) in [5.74, 6) is 0.0608. The minimum Gasteiger partial charge on any atom is -0.398 e. The average molecular weight is 281 g/mol. The van der Waals surface area contributed by atoms with Crippen molar-refractivity contribution in [3.05, 3.63) is 28.8 Å². The fourth-order valence-corrected chi connectivity index (χ4v) is 2.96. The number of carbonyl (C=O) groups excluding carboxylic acids is 1. The molecule has 2 rings (SSSR count). The third-order valence-corrected chi connectivity index (χ3v) is 4.80. The summed E-state index contributed by atoms with van der Waals surface area (Å²) >= 11 is 5.98. The number of nitrogen functional groups attached to an aromatic ring is 1. The fourth-order valence-electron chi connectivity index (χ4n) is 2.78. The highest BCUT2D eigenvalue weighted by molar-refractivity contribution is 6.33. The van der Waals surface area contributed by atoms with Crippen molar-refractivity contribution >= 4 is 23.2 Å². The maximum Gasteiger partial charge on any atom is 0.253 e. The number of nitrogens with zero attached hydrogens (tertiary/aromatic N) is 1. The summed E-state index contributed by atoms with van der Waals surface area (Å²) in [5.41, 5.74) is 7.11.